The van der Waals surface area contributed by atoms with Crippen LogP contribution in [-0.2, 0) is 14.8 Å². The maximum atomic E-state index is 13.5. The molecule has 2 aromatic rings. The van der Waals surface area contributed by atoms with Crippen LogP contribution in [0.5, 0.6) is 0 Å². The number of pyridine rings is 1. The van der Waals surface area contributed by atoms with Crippen molar-refractivity contribution in [3.8, 4) is 0 Å². The third-order valence-electron chi connectivity index (χ3n) is 5.98. The number of carbonyl (C=O) groups is 2. The molecule has 1 unspecified atom stereocenters. The van der Waals surface area contributed by atoms with Gasteiger partial charge < -0.3 is 4.90 Å². The van der Waals surface area contributed by atoms with Crippen molar-refractivity contribution in [3.63, 3.8) is 0 Å². The van der Waals surface area contributed by atoms with Crippen molar-refractivity contribution in [2.45, 2.75) is 50.4 Å². The Morgan fingerprint density at radius 2 is 1.74 bits per heavy atom. The lowest BCUT2D eigenvalue weighted by Crippen LogP contribution is -2.45. The minimum absolute atomic E-state index is 0.0428. The zero-order valence-corrected chi connectivity index (χ0v) is 20.9. The number of benzene rings is 1. The molecule has 1 aromatic carbocycles. The summed E-state index contributed by atoms with van der Waals surface area (Å²) >= 11 is 6.07. The summed E-state index contributed by atoms with van der Waals surface area (Å²) in [6.07, 6.45) is 2.55. The molecule has 180 valence electrons. The number of aromatic nitrogens is 1. The number of amides is 2. The predicted octanol–water partition coefficient (Wildman–Crippen LogP) is 3.49. The van der Waals surface area contributed by atoms with Crippen molar-refractivity contribution in [1.82, 2.24) is 14.2 Å². The molecule has 0 radical (unpaired) electrons. The van der Waals surface area contributed by atoms with Gasteiger partial charge in [-0.15, -0.1) is 0 Å². The number of carbonyl (C=O) groups excluding carboxylic acids is 2. The van der Waals surface area contributed by atoms with Gasteiger partial charge in [0.1, 0.15) is 10.9 Å². The molecule has 3 heterocycles. The van der Waals surface area contributed by atoms with Gasteiger partial charge >= 0.3 is 0 Å². The van der Waals surface area contributed by atoms with Gasteiger partial charge in [0.15, 0.2) is 5.25 Å². The van der Waals surface area contributed by atoms with Crippen molar-refractivity contribution >= 4 is 39.2 Å². The third-order valence-corrected chi connectivity index (χ3v) is 8.59. The maximum Gasteiger partial charge on any atom is 0.283 e. The highest BCUT2D eigenvalue weighted by Gasteiger charge is 2.54. The molecule has 34 heavy (non-hydrogen) atoms. The van der Waals surface area contributed by atoms with E-state index in [0.29, 0.717) is 37.1 Å². The number of nitrogens with zero attached hydrogens (tertiary/aromatic N) is 4. The van der Waals surface area contributed by atoms with E-state index in [1.807, 2.05) is 0 Å². The van der Waals surface area contributed by atoms with Crippen molar-refractivity contribution < 1.29 is 18.0 Å². The van der Waals surface area contributed by atoms with Crippen LogP contribution >= 0.6 is 11.6 Å². The van der Waals surface area contributed by atoms with E-state index in [2.05, 4.69) is 9.98 Å². The number of halogens is 1. The van der Waals surface area contributed by atoms with Gasteiger partial charge in [0, 0.05) is 19.3 Å². The number of rotatable bonds is 3. The molecular formula is C24H27ClN4O4S. The van der Waals surface area contributed by atoms with Crippen LogP contribution in [0.3, 0.4) is 0 Å². The number of sulfonamides is 1. The smallest absolute Gasteiger partial charge is 0.283 e. The number of hydrogen-bond acceptors (Lipinski definition) is 6. The summed E-state index contributed by atoms with van der Waals surface area (Å²) in [6.45, 7) is 5.93. The predicted molar refractivity (Wildman–Crippen MR) is 130 cm³/mol. The van der Waals surface area contributed by atoms with Crippen molar-refractivity contribution in [3.05, 3.63) is 64.9 Å². The summed E-state index contributed by atoms with van der Waals surface area (Å²) in [6, 6.07) is 11.7. The van der Waals surface area contributed by atoms with Crippen LogP contribution < -0.4 is 0 Å². The van der Waals surface area contributed by atoms with E-state index in [1.165, 1.54) is 6.20 Å². The first-order valence-corrected chi connectivity index (χ1v) is 13.0. The molecule has 0 spiro atoms. The summed E-state index contributed by atoms with van der Waals surface area (Å²) in [7, 11) is -3.99. The van der Waals surface area contributed by atoms with Crippen LogP contribution in [0.1, 0.15) is 54.8 Å². The minimum atomic E-state index is -3.99. The Hall–Kier alpha value is -2.78. The fourth-order valence-corrected chi connectivity index (χ4v) is 6.90. The van der Waals surface area contributed by atoms with Crippen molar-refractivity contribution in [2.24, 2.45) is 4.99 Å². The van der Waals surface area contributed by atoms with E-state index < -0.39 is 26.7 Å². The van der Waals surface area contributed by atoms with Crippen molar-refractivity contribution in [1.29, 1.82) is 0 Å². The second-order valence-corrected chi connectivity index (χ2v) is 11.7. The molecule has 0 bridgehead atoms. The Kier molecular flexibility index (Phi) is 6.52. The molecule has 10 heteroatoms. The number of likely N-dealkylation sites (tertiary alicyclic amines) is 1. The number of piperidine rings is 1. The molecule has 4 rings (SSSR count). The van der Waals surface area contributed by atoms with E-state index in [9.17, 15) is 18.0 Å². The Morgan fingerprint density at radius 3 is 2.32 bits per heavy atom. The quantitative estimate of drug-likeness (QED) is 0.598. The molecule has 1 aromatic heterocycles. The van der Waals surface area contributed by atoms with Gasteiger partial charge in [-0.1, -0.05) is 41.9 Å². The number of hydrogen-bond donors (Lipinski definition) is 0. The summed E-state index contributed by atoms with van der Waals surface area (Å²) in [5.74, 6) is -0.785. The highest BCUT2D eigenvalue weighted by molar-refractivity contribution is 7.91. The van der Waals surface area contributed by atoms with Crippen molar-refractivity contribution in [2.75, 3.05) is 13.1 Å². The van der Waals surface area contributed by atoms with Crippen LogP contribution in [0.15, 0.2) is 53.7 Å². The largest absolute Gasteiger partial charge is 0.338 e. The molecule has 1 atom stereocenters. The zero-order valence-electron chi connectivity index (χ0n) is 19.3. The Balaban J connectivity index is 1.60. The first-order chi connectivity index (χ1) is 16.0. The van der Waals surface area contributed by atoms with Crippen LogP contribution in [0.4, 0.5) is 0 Å². The molecular weight excluding hydrogens is 476 g/mol. The van der Waals surface area contributed by atoms with Gasteiger partial charge in [-0.2, -0.15) is 0 Å². The molecule has 2 fully saturated rings. The topological polar surface area (TPSA) is 100 Å². The second-order valence-electron chi connectivity index (χ2n) is 9.46. The van der Waals surface area contributed by atoms with Gasteiger partial charge in [-0.3, -0.25) is 14.6 Å². The van der Waals surface area contributed by atoms with Gasteiger partial charge in [-0.25, -0.2) is 17.7 Å². The summed E-state index contributed by atoms with van der Waals surface area (Å²) < 4.78 is 27.9. The number of aliphatic imine (C=N–C) groups is 1. The second kappa shape index (κ2) is 9.11. The van der Waals surface area contributed by atoms with E-state index in [0.717, 1.165) is 4.31 Å². The Morgan fingerprint density at radius 1 is 1.09 bits per heavy atom. The standard InChI is InChI=1S/C24H27ClN4O4S/c1-24(2,3)29-23(31)19(20(34(29,32)33)16-8-5-4-6-9-16)27-17-11-14-28(15-12-17)22(30)18-10-7-13-26-21(18)25/h4-10,13,17,20H,11-12,14-15H2,1-3H3. The van der Waals surface area contributed by atoms with Crippen LogP contribution in [0.25, 0.3) is 0 Å². The van der Waals surface area contributed by atoms with Gasteiger partial charge in [-0.05, 0) is 51.3 Å². The minimum Gasteiger partial charge on any atom is -0.338 e. The third kappa shape index (κ3) is 4.46. The first kappa shape index (κ1) is 24.3. The monoisotopic (exact) mass is 502 g/mol. The lowest BCUT2D eigenvalue weighted by Gasteiger charge is -2.31. The maximum absolute atomic E-state index is 13.5. The fourth-order valence-electron chi connectivity index (χ4n) is 4.46. The van der Waals surface area contributed by atoms with E-state index >= 15 is 0 Å². The lowest BCUT2D eigenvalue weighted by molar-refractivity contribution is -0.122. The summed E-state index contributed by atoms with van der Waals surface area (Å²) in [5.41, 5.74) is -0.0174. The summed E-state index contributed by atoms with van der Waals surface area (Å²) in [4.78, 5) is 36.5. The normalized spacial score (nSPS) is 22.4. The average Bonchev–Trinajstić information content (AvgIpc) is 2.99. The Labute approximate surface area is 204 Å². The SMILES string of the molecule is CC(C)(C)N1C(=O)C(=NC2CCN(C(=O)c3cccnc3Cl)CC2)C(c2ccccc2)S1(=O)=O. The molecule has 2 amide bonds. The first-order valence-electron chi connectivity index (χ1n) is 11.1. The molecule has 0 aliphatic carbocycles. The molecule has 2 saturated heterocycles. The molecule has 2 aliphatic rings. The van der Waals surface area contributed by atoms with E-state index in [-0.39, 0.29) is 22.8 Å². The molecule has 0 N–H and O–H groups in total. The zero-order chi connectivity index (χ0) is 24.7. The molecule has 8 nitrogen and oxygen atoms in total. The van der Waals surface area contributed by atoms with Crippen LogP contribution in [-0.4, -0.2) is 64.8 Å². The lowest BCUT2D eigenvalue weighted by atomic mass is 10.0. The van der Waals surface area contributed by atoms with Crippen LogP contribution in [0, 0.1) is 0 Å². The van der Waals surface area contributed by atoms with Gasteiger partial charge in [0.2, 0.25) is 0 Å². The molecule has 2 aliphatic heterocycles. The van der Waals surface area contributed by atoms with E-state index in [1.54, 1.807) is 68.1 Å². The highest BCUT2D eigenvalue weighted by Crippen LogP contribution is 2.39. The highest BCUT2D eigenvalue weighted by atomic mass is 35.5. The van der Waals surface area contributed by atoms with Gasteiger partial charge in [0.05, 0.1) is 17.1 Å². The molecule has 0 saturated carbocycles. The van der Waals surface area contributed by atoms with Crippen LogP contribution in [0.2, 0.25) is 5.15 Å². The Bertz CT molecular complexity index is 1230. The van der Waals surface area contributed by atoms with Gasteiger partial charge in [0.25, 0.3) is 21.8 Å². The summed E-state index contributed by atoms with van der Waals surface area (Å²) in [5, 5.41) is -0.987. The van der Waals surface area contributed by atoms with E-state index in [4.69, 9.17) is 11.6 Å². The average molecular weight is 503 g/mol. The fraction of sp³-hybridized carbons (Fsp3) is 0.417.